The molecule has 0 N–H and O–H groups in total. The second-order valence-electron chi connectivity index (χ2n) is 12.6. The van der Waals surface area contributed by atoms with Crippen LogP contribution in [-0.2, 0) is 0 Å². The normalized spacial score (nSPS) is 11.6. The fourth-order valence-corrected chi connectivity index (χ4v) is 8.41. The number of hydrogen-bond donors (Lipinski definition) is 0. The highest BCUT2D eigenvalue weighted by Crippen LogP contribution is 2.42. The van der Waals surface area contributed by atoms with Gasteiger partial charge in [0, 0.05) is 37.7 Å². The average molecular weight is 656 g/mol. The highest BCUT2D eigenvalue weighted by Gasteiger charge is 2.18. The maximum atomic E-state index is 5.23. The van der Waals surface area contributed by atoms with Gasteiger partial charge in [-0.1, -0.05) is 140 Å². The molecule has 0 radical (unpaired) electrons. The van der Waals surface area contributed by atoms with Crippen LogP contribution in [-0.4, -0.2) is 14.5 Å². The molecule has 3 heterocycles. The minimum absolute atomic E-state index is 0.739. The van der Waals surface area contributed by atoms with Gasteiger partial charge in [0.15, 0.2) is 5.82 Å². The van der Waals surface area contributed by atoms with Crippen molar-refractivity contribution in [2.45, 2.75) is 0 Å². The van der Waals surface area contributed by atoms with E-state index in [0.717, 1.165) is 43.9 Å². The molecule has 0 spiro atoms. The Bertz CT molecular complexity index is 2800. The molecule has 50 heavy (non-hydrogen) atoms. The standard InChI is InChI=1S/C46H29N3S/c1-3-12-30(13-4-1)33-16-11-17-35(28-33)43-45-44(48-46(47-43)32-14-5-2-6-15-32)39-27-24-34(29-42(39)50-45)31-22-25-36(26-23-31)49-40-20-9-7-18-37(40)38-19-8-10-21-41(38)49/h1-29H. The zero-order valence-electron chi connectivity index (χ0n) is 27.0. The summed E-state index contributed by atoms with van der Waals surface area (Å²) in [6, 6.07) is 62.5. The Labute approximate surface area is 293 Å². The Morgan fingerprint density at radius 3 is 1.68 bits per heavy atom. The number of rotatable bonds is 5. The number of para-hydroxylation sites is 2. The quantitative estimate of drug-likeness (QED) is 0.185. The van der Waals surface area contributed by atoms with Gasteiger partial charge in [-0.2, -0.15) is 0 Å². The van der Waals surface area contributed by atoms with Crippen LogP contribution in [0.2, 0.25) is 0 Å². The molecule has 7 aromatic carbocycles. The first kappa shape index (κ1) is 28.6. The zero-order valence-corrected chi connectivity index (χ0v) is 27.8. The Hall–Kier alpha value is -6.36. The average Bonchev–Trinajstić information content (AvgIpc) is 3.74. The summed E-state index contributed by atoms with van der Waals surface area (Å²) < 4.78 is 4.66. The van der Waals surface area contributed by atoms with Crippen molar-refractivity contribution in [2.75, 3.05) is 0 Å². The maximum absolute atomic E-state index is 5.23. The Kier molecular flexibility index (Phi) is 6.68. The van der Waals surface area contributed by atoms with Crippen molar-refractivity contribution >= 4 is 53.4 Å². The van der Waals surface area contributed by atoms with Crippen LogP contribution in [0.5, 0.6) is 0 Å². The Balaban J connectivity index is 1.10. The van der Waals surface area contributed by atoms with Crippen molar-refractivity contribution < 1.29 is 0 Å². The smallest absolute Gasteiger partial charge is 0.160 e. The molecule has 3 nitrogen and oxygen atoms in total. The van der Waals surface area contributed by atoms with Crippen LogP contribution in [0.1, 0.15) is 0 Å². The molecule has 3 aromatic heterocycles. The van der Waals surface area contributed by atoms with Crippen molar-refractivity contribution in [1.29, 1.82) is 0 Å². The molecule has 0 bridgehead atoms. The molecule has 10 rings (SSSR count). The molecule has 0 fully saturated rings. The van der Waals surface area contributed by atoms with Gasteiger partial charge in [0.2, 0.25) is 0 Å². The Morgan fingerprint density at radius 1 is 0.400 bits per heavy atom. The van der Waals surface area contributed by atoms with E-state index in [0.29, 0.717) is 0 Å². The summed E-state index contributed by atoms with van der Waals surface area (Å²) in [5, 5.41) is 3.69. The molecule has 0 atom stereocenters. The van der Waals surface area contributed by atoms with Gasteiger partial charge in [-0.05, 0) is 58.7 Å². The predicted molar refractivity (Wildman–Crippen MR) is 211 cm³/mol. The third kappa shape index (κ3) is 4.73. The van der Waals surface area contributed by atoms with Crippen molar-refractivity contribution in [3.05, 3.63) is 176 Å². The number of fused-ring (bicyclic) bond motifs is 6. The summed E-state index contributed by atoms with van der Waals surface area (Å²) >= 11 is 1.77. The molecule has 0 aliphatic carbocycles. The molecule has 0 saturated heterocycles. The summed E-state index contributed by atoms with van der Waals surface area (Å²) in [6.07, 6.45) is 0. The fraction of sp³-hybridized carbons (Fsp3) is 0. The highest BCUT2D eigenvalue weighted by atomic mass is 32.1. The van der Waals surface area contributed by atoms with E-state index >= 15 is 0 Å². The number of aromatic nitrogens is 3. The van der Waals surface area contributed by atoms with E-state index in [4.69, 9.17) is 9.97 Å². The molecule has 0 saturated carbocycles. The number of benzene rings is 7. The number of thiophene rings is 1. The van der Waals surface area contributed by atoms with Gasteiger partial charge in [0.05, 0.1) is 26.9 Å². The second-order valence-corrected chi connectivity index (χ2v) is 13.7. The molecule has 0 aliphatic heterocycles. The third-order valence-electron chi connectivity index (χ3n) is 9.63. The predicted octanol–water partition coefficient (Wildman–Crippen LogP) is 12.6. The molecular formula is C46H29N3S. The van der Waals surface area contributed by atoms with E-state index < -0.39 is 0 Å². The number of hydrogen-bond acceptors (Lipinski definition) is 3. The summed E-state index contributed by atoms with van der Waals surface area (Å²) in [5.41, 5.74) is 12.4. The fourth-order valence-electron chi connectivity index (χ4n) is 7.21. The molecule has 4 heteroatoms. The van der Waals surface area contributed by atoms with Crippen molar-refractivity contribution in [1.82, 2.24) is 14.5 Å². The summed E-state index contributed by atoms with van der Waals surface area (Å²) in [4.78, 5) is 10.4. The first-order valence-corrected chi connectivity index (χ1v) is 17.6. The lowest BCUT2D eigenvalue weighted by molar-refractivity contribution is 1.18. The van der Waals surface area contributed by atoms with Crippen molar-refractivity contribution in [2.24, 2.45) is 0 Å². The van der Waals surface area contributed by atoms with E-state index in [1.165, 1.54) is 48.8 Å². The van der Waals surface area contributed by atoms with Crippen molar-refractivity contribution in [3.63, 3.8) is 0 Å². The Morgan fingerprint density at radius 2 is 0.960 bits per heavy atom. The SMILES string of the molecule is c1ccc(-c2cccc(-c3nc(-c4ccccc4)nc4c3sc3cc(-c5ccc(-n6c7ccccc7c7ccccc76)cc5)ccc34)c2)cc1. The summed E-state index contributed by atoms with van der Waals surface area (Å²) in [6.45, 7) is 0. The van der Waals surface area contributed by atoms with E-state index in [9.17, 15) is 0 Å². The first-order chi connectivity index (χ1) is 24.8. The van der Waals surface area contributed by atoms with E-state index in [2.05, 4.69) is 162 Å². The van der Waals surface area contributed by atoms with Crippen LogP contribution < -0.4 is 0 Å². The van der Waals surface area contributed by atoms with Crippen LogP contribution >= 0.6 is 11.3 Å². The summed E-state index contributed by atoms with van der Waals surface area (Å²) in [5.74, 6) is 0.739. The van der Waals surface area contributed by atoms with Gasteiger partial charge in [0.1, 0.15) is 0 Å². The van der Waals surface area contributed by atoms with Crippen LogP contribution in [0.15, 0.2) is 176 Å². The molecule has 10 aromatic rings. The van der Waals surface area contributed by atoms with Gasteiger partial charge in [0.25, 0.3) is 0 Å². The minimum atomic E-state index is 0.739. The molecular weight excluding hydrogens is 627 g/mol. The van der Waals surface area contributed by atoms with Gasteiger partial charge in [-0.25, -0.2) is 9.97 Å². The van der Waals surface area contributed by atoms with E-state index in [1.807, 2.05) is 18.2 Å². The van der Waals surface area contributed by atoms with Crippen LogP contribution in [0.25, 0.3) is 92.7 Å². The van der Waals surface area contributed by atoms with Crippen LogP contribution in [0.4, 0.5) is 0 Å². The maximum Gasteiger partial charge on any atom is 0.160 e. The second kappa shape index (κ2) is 11.7. The molecule has 234 valence electrons. The monoisotopic (exact) mass is 655 g/mol. The molecule has 0 aliphatic rings. The van der Waals surface area contributed by atoms with Crippen molar-refractivity contribution in [3.8, 4) is 50.6 Å². The largest absolute Gasteiger partial charge is 0.309 e. The lowest BCUT2D eigenvalue weighted by Gasteiger charge is -2.09. The van der Waals surface area contributed by atoms with Gasteiger partial charge >= 0.3 is 0 Å². The van der Waals surface area contributed by atoms with Crippen LogP contribution in [0.3, 0.4) is 0 Å². The molecule has 0 unspecified atom stereocenters. The lowest BCUT2D eigenvalue weighted by atomic mass is 10.0. The first-order valence-electron chi connectivity index (χ1n) is 16.8. The topological polar surface area (TPSA) is 30.7 Å². The van der Waals surface area contributed by atoms with E-state index in [1.54, 1.807) is 11.3 Å². The van der Waals surface area contributed by atoms with Gasteiger partial charge < -0.3 is 4.57 Å². The minimum Gasteiger partial charge on any atom is -0.309 e. The van der Waals surface area contributed by atoms with Gasteiger partial charge in [-0.15, -0.1) is 11.3 Å². The third-order valence-corrected chi connectivity index (χ3v) is 10.8. The van der Waals surface area contributed by atoms with Gasteiger partial charge in [-0.3, -0.25) is 0 Å². The van der Waals surface area contributed by atoms with Crippen LogP contribution in [0, 0.1) is 0 Å². The lowest BCUT2D eigenvalue weighted by Crippen LogP contribution is -1.94. The zero-order chi connectivity index (χ0) is 33.0. The molecule has 0 amide bonds. The highest BCUT2D eigenvalue weighted by molar-refractivity contribution is 7.26. The summed E-state index contributed by atoms with van der Waals surface area (Å²) in [7, 11) is 0. The van der Waals surface area contributed by atoms with E-state index in [-0.39, 0.29) is 0 Å². The number of nitrogens with zero attached hydrogens (tertiary/aromatic N) is 3.